The summed E-state index contributed by atoms with van der Waals surface area (Å²) in [5.41, 5.74) is 1.36. The van der Waals surface area contributed by atoms with E-state index < -0.39 is 0 Å². The van der Waals surface area contributed by atoms with Crippen molar-refractivity contribution < 1.29 is 5.11 Å². The van der Waals surface area contributed by atoms with Crippen molar-refractivity contribution in [2.45, 2.75) is 43.4 Å². The Hall–Kier alpha value is -0.570. The topological polar surface area (TPSA) is 23.5 Å². The van der Waals surface area contributed by atoms with E-state index in [9.17, 15) is 5.11 Å². The fourth-order valence-corrected chi connectivity index (χ4v) is 4.69. The van der Waals surface area contributed by atoms with Crippen molar-refractivity contribution in [2.75, 3.05) is 6.54 Å². The summed E-state index contributed by atoms with van der Waals surface area (Å²) < 4.78 is 0. The second-order valence-electron chi connectivity index (χ2n) is 6.03. The average Bonchev–Trinajstić information content (AvgIpc) is 2.76. The number of halogens is 1. The highest BCUT2D eigenvalue weighted by atomic mass is 35.5. The molecule has 1 N–H and O–H groups in total. The van der Waals surface area contributed by atoms with Gasteiger partial charge < -0.3 is 5.11 Å². The highest BCUT2D eigenvalue weighted by Gasteiger charge is 2.55. The third kappa shape index (κ3) is 1.49. The van der Waals surface area contributed by atoms with Crippen molar-refractivity contribution in [1.82, 2.24) is 4.90 Å². The second kappa shape index (κ2) is 3.96. The highest BCUT2D eigenvalue weighted by molar-refractivity contribution is 6.30. The lowest BCUT2D eigenvalue weighted by molar-refractivity contribution is 0.113. The number of hydrogen-bond donors (Lipinski definition) is 1. The van der Waals surface area contributed by atoms with Crippen LogP contribution in [0.5, 0.6) is 0 Å². The van der Waals surface area contributed by atoms with Gasteiger partial charge in [0.15, 0.2) is 0 Å². The Morgan fingerprint density at radius 1 is 1.17 bits per heavy atom. The zero-order chi connectivity index (χ0) is 12.3. The summed E-state index contributed by atoms with van der Waals surface area (Å²) in [6.45, 7) is 0.893. The van der Waals surface area contributed by atoms with Gasteiger partial charge in [-0.2, -0.15) is 0 Å². The van der Waals surface area contributed by atoms with Gasteiger partial charge in [0.05, 0.1) is 6.10 Å². The molecule has 96 valence electrons. The summed E-state index contributed by atoms with van der Waals surface area (Å²) in [6, 6.07) is 9.57. The molecule has 0 aliphatic carbocycles. The van der Waals surface area contributed by atoms with Gasteiger partial charge in [-0.25, -0.2) is 0 Å². The van der Waals surface area contributed by atoms with E-state index in [0.29, 0.717) is 23.9 Å². The highest BCUT2D eigenvalue weighted by Crippen LogP contribution is 2.52. The van der Waals surface area contributed by atoms with Gasteiger partial charge >= 0.3 is 0 Å². The smallest absolute Gasteiger partial charge is 0.0716 e. The molecule has 0 spiro atoms. The van der Waals surface area contributed by atoms with Crippen LogP contribution in [0.3, 0.4) is 0 Å². The van der Waals surface area contributed by atoms with Gasteiger partial charge in [0.25, 0.3) is 0 Å². The molecule has 3 aliphatic heterocycles. The summed E-state index contributed by atoms with van der Waals surface area (Å²) in [5, 5.41) is 11.1. The number of piperidine rings is 1. The minimum absolute atomic E-state index is 0.138. The van der Waals surface area contributed by atoms with Crippen molar-refractivity contribution in [3.8, 4) is 0 Å². The molecule has 2 unspecified atom stereocenters. The molecule has 3 aliphatic rings. The molecule has 4 bridgehead atoms. The normalized spacial score (nSPS) is 45.4. The van der Waals surface area contributed by atoms with Crippen LogP contribution in [0.4, 0.5) is 0 Å². The molecule has 3 heteroatoms. The van der Waals surface area contributed by atoms with Gasteiger partial charge in [-0.15, -0.1) is 0 Å². The monoisotopic (exact) mass is 263 g/mol. The van der Waals surface area contributed by atoms with Crippen LogP contribution in [-0.4, -0.2) is 34.7 Å². The Balaban J connectivity index is 1.71. The zero-order valence-corrected chi connectivity index (χ0v) is 11.1. The maximum absolute atomic E-state index is 10.3. The first-order chi connectivity index (χ1) is 8.74. The molecule has 0 radical (unpaired) electrons. The average molecular weight is 264 g/mol. The molecule has 3 saturated heterocycles. The quantitative estimate of drug-likeness (QED) is 0.842. The Morgan fingerprint density at radius 2 is 1.94 bits per heavy atom. The molecule has 4 rings (SSSR count). The molecule has 6 atom stereocenters. The second-order valence-corrected chi connectivity index (χ2v) is 6.47. The first-order valence-electron chi connectivity index (χ1n) is 6.93. The molecule has 0 amide bonds. The van der Waals surface area contributed by atoms with E-state index in [-0.39, 0.29) is 6.10 Å². The minimum atomic E-state index is -0.138. The van der Waals surface area contributed by atoms with Crippen LogP contribution in [-0.2, 0) is 0 Å². The van der Waals surface area contributed by atoms with Crippen LogP contribution < -0.4 is 0 Å². The lowest BCUT2D eigenvalue weighted by Crippen LogP contribution is -2.41. The van der Waals surface area contributed by atoms with Crippen LogP contribution in [0.15, 0.2) is 24.3 Å². The molecular weight excluding hydrogens is 246 g/mol. The molecule has 3 fully saturated rings. The number of rotatable bonds is 1. The summed E-state index contributed by atoms with van der Waals surface area (Å²) in [6.07, 6.45) is 3.66. The van der Waals surface area contributed by atoms with Crippen LogP contribution in [0.1, 0.15) is 30.7 Å². The van der Waals surface area contributed by atoms with E-state index >= 15 is 0 Å². The summed E-state index contributed by atoms with van der Waals surface area (Å²) in [4.78, 5) is 2.56. The fourth-order valence-electron chi connectivity index (χ4n) is 4.57. The maximum atomic E-state index is 10.3. The minimum Gasteiger partial charge on any atom is -0.391 e. The predicted molar refractivity (Wildman–Crippen MR) is 71.8 cm³/mol. The molecular formula is C15H18ClNO. The van der Waals surface area contributed by atoms with Crippen LogP contribution >= 0.6 is 11.6 Å². The third-order valence-electron chi connectivity index (χ3n) is 5.27. The molecule has 1 aromatic rings. The van der Waals surface area contributed by atoms with Gasteiger partial charge in [-0.1, -0.05) is 23.7 Å². The van der Waals surface area contributed by atoms with E-state index in [1.807, 2.05) is 12.1 Å². The summed E-state index contributed by atoms with van der Waals surface area (Å²) in [7, 11) is 0. The SMILES string of the molecule is OC1CN2[C@H]3CC[C@@H]2[C@@H]1[C@@H](c1ccc(Cl)cc1)C3. The molecule has 3 heterocycles. The van der Waals surface area contributed by atoms with Crippen LogP contribution in [0.25, 0.3) is 0 Å². The van der Waals surface area contributed by atoms with E-state index in [1.54, 1.807) is 0 Å². The lowest BCUT2D eigenvalue weighted by atomic mass is 9.77. The number of benzene rings is 1. The zero-order valence-electron chi connectivity index (χ0n) is 10.3. The van der Waals surface area contributed by atoms with Gasteiger partial charge in [-0.3, -0.25) is 4.90 Å². The predicted octanol–water partition coefficient (Wildman–Crippen LogP) is 2.65. The van der Waals surface area contributed by atoms with Crippen LogP contribution in [0, 0.1) is 5.92 Å². The third-order valence-corrected chi connectivity index (χ3v) is 5.52. The molecule has 2 nitrogen and oxygen atoms in total. The van der Waals surface area contributed by atoms with Gasteiger partial charge in [0.1, 0.15) is 0 Å². The summed E-state index contributed by atoms with van der Waals surface area (Å²) >= 11 is 5.97. The van der Waals surface area contributed by atoms with E-state index in [4.69, 9.17) is 11.6 Å². The first-order valence-corrected chi connectivity index (χ1v) is 7.31. The Kier molecular flexibility index (Phi) is 2.48. The van der Waals surface area contributed by atoms with E-state index in [0.717, 1.165) is 11.6 Å². The van der Waals surface area contributed by atoms with Crippen molar-refractivity contribution in [2.24, 2.45) is 5.92 Å². The summed E-state index contributed by atoms with van der Waals surface area (Å²) in [5.74, 6) is 0.957. The van der Waals surface area contributed by atoms with Gasteiger partial charge in [-0.05, 0) is 42.9 Å². The van der Waals surface area contributed by atoms with Gasteiger partial charge in [0, 0.05) is 29.6 Å². The van der Waals surface area contributed by atoms with Crippen molar-refractivity contribution in [1.29, 1.82) is 0 Å². The fraction of sp³-hybridized carbons (Fsp3) is 0.600. The van der Waals surface area contributed by atoms with Crippen molar-refractivity contribution >= 4 is 11.6 Å². The standard InChI is InChI=1S/C15H18ClNO/c16-10-3-1-9(2-4-10)12-7-11-5-6-13-15(12)14(18)8-17(11)13/h1-4,11-15,18H,5-8H2/t11-,12+,13+,14?,15-/m0/s1. The van der Waals surface area contributed by atoms with Crippen molar-refractivity contribution in [3.05, 3.63) is 34.9 Å². The first kappa shape index (κ1) is 11.3. The van der Waals surface area contributed by atoms with Gasteiger partial charge in [0.2, 0.25) is 0 Å². The van der Waals surface area contributed by atoms with Crippen molar-refractivity contribution in [3.63, 3.8) is 0 Å². The van der Waals surface area contributed by atoms with Crippen LogP contribution in [0.2, 0.25) is 5.02 Å². The number of aliphatic hydroxyl groups excluding tert-OH is 1. The lowest BCUT2D eigenvalue weighted by Gasteiger charge is -2.37. The molecule has 1 aromatic carbocycles. The Bertz CT molecular complexity index is 460. The molecule has 18 heavy (non-hydrogen) atoms. The Labute approximate surface area is 113 Å². The molecule has 0 aromatic heterocycles. The number of aliphatic hydroxyl groups is 1. The number of nitrogens with zero attached hydrogens (tertiary/aromatic N) is 1. The Morgan fingerprint density at radius 3 is 2.72 bits per heavy atom. The number of hydrogen-bond acceptors (Lipinski definition) is 2. The maximum Gasteiger partial charge on any atom is 0.0716 e. The van der Waals surface area contributed by atoms with E-state index in [1.165, 1.54) is 24.8 Å². The largest absolute Gasteiger partial charge is 0.391 e. The van der Waals surface area contributed by atoms with E-state index in [2.05, 4.69) is 17.0 Å². The molecule has 0 saturated carbocycles.